The maximum absolute atomic E-state index is 2.68. The number of rotatable bonds is 10. The second kappa shape index (κ2) is 10.5. The Labute approximate surface area is 97.2 Å². The number of hydrogen-bond acceptors (Lipinski definition) is 1. The van der Waals surface area contributed by atoms with Gasteiger partial charge in [0.1, 0.15) is 0 Å². The monoisotopic (exact) mass is 213 g/mol. The van der Waals surface area contributed by atoms with Gasteiger partial charge >= 0.3 is 0 Å². The lowest BCUT2D eigenvalue weighted by molar-refractivity contribution is 0.194. The van der Waals surface area contributed by atoms with Crippen LogP contribution in [0.1, 0.15) is 72.6 Å². The summed E-state index contributed by atoms with van der Waals surface area (Å²) in [5.41, 5.74) is 0. The van der Waals surface area contributed by atoms with Crippen molar-refractivity contribution < 1.29 is 0 Å². The fourth-order valence-electron chi connectivity index (χ4n) is 2.18. The number of nitrogens with zero attached hydrogens (tertiary/aromatic N) is 1. The van der Waals surface area contributed by atoms with Crippen LogP contribution in [0.5, 0.6) is 0 Å². The van der Waals surface area contributed by atoms with Crippen molar-refractivity contribution in [3.8, 4) is 0 Å². The number of unbranched alkanes of at least 4 members (excludes halogenated alkanes) is 3. The molecule has 0 heterocycles. The van der Waals surface area contributed by atoms with Gasteiger partial charge in [0.05, 0.1) is 0 Å². The van der Waals surface area contributed by atoms with Crippen LogP contribution in [-0.2, 0) is 0 Å². The van der Waals surface area contributed by atoms with Crippen molar-refractivity contribution in [2.45, 2.75) is 78.7 Å². The first-order valence-electron chi connectivity index (χ1n) is 7.00. The summed E-state index contributed by atoms with van der Waals surface area (Å²) in [5.74, 6) is 0. The van der Waals surface area contributed by atoms with E-state index in [4.69, 9.17) is 0 Å². The Hall–Kier alpha value is -0.0400. The maximum Gasteiger partial charge on any atom is 0.00668 e. The molecule has 0 fully saturated rings. The molecule has 0 aromatic heterocycles. The van der Waals surface area contributed by atoms with Gasteiger partial charge in [0.25, 0.3) is 0 Å². The van der Waals surface area contributed by atoms with E-state index in [9.17, 15) is 0 Å². The van der Waals surface area contributed by atoms with E-state index in [1.165, 1.54) is 58.0 Å². The van der Waals surface area contributed by atoms with E-state index in [1.54, 1.807) is 0 Å². The summed E-state index contributed by atoms with van der Waals surface area (Å²) >= 11 is 0. The maximum atomic E-state index is 2.68. The fourth-order valence-corrected chi connectivity index (χ4v) is 2.18. The van der Waals surface area contributed by atoms with Crippen LogP contribution in [0.4, 0.5) is 0 Å². The lowest BCUT2D eigenvalue weighted by Gasteiger charge is -2.28. The summed E-state index contributed by atoms with van der Waals surface area (Å²) < 4.78 is 0. The van der Waals surface area contributed by atoms with Crippen LogP contribution in [0.2, 0.25) is 0 Å². The van der Waals surface area contributed by atoms with E-state index in [1.807, 2.05) is 0 Å². The largest absolute Gasteiger partial charge is 0.301 e. The smallest absolute Gasteiger partial charge is 0.00668 e. The normalized spacial score (nSPS) is 13.4. The molecule has 1 atom stereocenters. The third-order valence-corrected chi connectivity index (χ3v) is 3.14. The minimum absolute atomic E-state index is 0.788. The SMILES string of the molecule is CCCCCCN(CCC)C(C)CCC. The molecule has 1 unspecified atom stereocenters. The van der Waals surface area contributed by atoms with Gasteiger partial charge < -0.3 is 4.90 Å². The Bertz CT molecular complexity index is 123. The molecule has 0 rings (SSSR count). The third kappa shape index (κ3) is 7.84. The molecule has 0 spiro atoms. The first-order valence-corrected chi connectivity index (χ1v) is 7.00. The van der Waals surface area contributed by atoms with Gasteiger partial charge in [-0.25, -0.2) is 0 Å². The molecule has 15 heavy (non-hydrogen) atoms. The first-order chi connectivity index (χ1) is 7.26. The minimum atomic E-state index is 0.788. The quantitative estimate of drug-likeness (QED) is 0.484. The molecule has 92 valence electrons. The summed E-state index contributed by atoms with van der Waals surface area (Å²) in [6.45, 7) is 11.8. The van der Waals surface area contributed by atoms with Gasteiger partial charge in [0.15, 0.2) is 0 Å². The first kappa shape index (κ1) is 15.0. The predicted molar refractivity (Wildman–Crippen MR) is 70.4 cm³/mol. The van der Waals surface area contributed by atoms with E-state index >= 15 is 0 Å². The summed E-state index contributed by atoms with van der Waals surface area (Å²) in [6, 6.07) is 0.788. The topological polar surface area (TPSA) is 3.24 Å². The fraction of sp³-hybridized carbons (Fsp3) is 1.00. The second-order valence-electron chi connectivity index (χ2n) is 4.73. The molecule has 1 heteroatoms. The van der Waals surface area contributed by atoms with Crippen LogP contribution in [-0.4, -0.2) is 24.0 Å². The van der Waals surface area contributed by atoms with E-state index in [2.05, 4.69) is 32.6 Å². The predicted octanol–water partition coefficient (Wildman–Crippen LogP) is 4.47. The van der Waals surface area contributed by atoms with Crippen molar-refractivity contribution in [3.05, 3.63) is 0 Å². The van der Waals surface area contributed by atoms with Gasteiger partial charge in [-0.05, 0) is 39.3 Å². The highest BCUT2D eigenvalue weighted by Crippen LogP contribution is 2.10. The summed E-state index contributed by atoms with van der Waals surface area (Å²) in [7, 11) is 0. The zero-order chi connectivity index (χ0) is 11.5. The van der Waals surface area contributed by atoms with Gasteiger partial charge in [0.2, 0.25) is 0 Å². The lowest BCUT2D eigenvalue weighted by Crippen LogP contribution is -2.34. The van der Waals surface area contributed by atoms with Crippen molar-refractivity contribution in [2.75, 3.05) is 13.1 Å². The highest BCUT2D eigenvalue weighted by molar-refractivity contribution is 4.66. The van der Waals surface area contributed by atoms with Crippen molar-refractivity contribution in [2.24, 2.45) is 0 Å². The molecule has 1 nitrogen and oxygen atoms in total. The van der Waals surface area contributed by atoms with Crippen LogP contribution >= 0.6 is 0 Å². The highest BCUT2D eigenvalue weighted by atomic mass is 15.1. The molecule has 0 aromatic rings. The van der Waals surface area contributed by atoms with Crippen molar-refractivity contribution in [3.63, 3.8) is 0 Å². The minimum Gasteiger partial charge on any atom is -0.301 e. The van der Waals surface area contributed by atoms with Gasteiger partial charge in [0, 0.05) is 6.04 Å². The van der Waals surface area contributed by atoms with Gasteiger partial charge in [-0.15, -0.1) is 0 Å². The Morgan fingerprint density at radius 2 is 1.53 bits per heavy atom. The number of hydrogen-bond donors (Lipinski definition) is 0. The molecule has 0 aliphatic heterocycles. The molecular formula is C14H31N. The van der Waals surface area contributed by atoms with E-state index in [0.717, 1.165) is 6.04 Å². The molecule has 0 N–H and O–H groups in total. The molecule has 0 aliphatic carbocycles. The molecule has 0 amide bonds. The Kier molecular flexibility index (Phi) is 10.4. The van der Waals surface area contributed by atoms with E-state index in [-0.39, 0.29) is 0 Å². The second-order valence-corrected chi connectivity index (χ2v) is 4.73. The average molecular weight is 213 g/mol. The molecule has 0 aliphatic rings. The van der Waals surface area contributed by atoms with E-state index < -0.39 is 0 Å². The highest BCUT2D eigenvalue weighted by Gasteiger charge is 2.10. The van der Waals surface area contributed by atoms with Crippen molar-refractivity contribution in [1.29, 1.82) is 0 Å². The van der Waals surface area contributed by atoms with Gasteiger partial charge in [-0.3, -0.25) is 0 Å². The van der Waals surface area contributed by atoms with Crippen LogP contribution in [0.15, 0.2) is 0 Å². The standard InChI is InChI=1S/C14H31N/c1-5-8-9-10-13-15(12-7-3)14(4)11-6-2/h14H,5-13H2,1-4H3. The van der Waals surface area contributed by atoms with Crippen molar-refractivity contribution in [1.82, 2.24) is 4.90 Å². The summed E-state index contributed by atoms with van der Waals surface area (Å²) in [4.78, 5) is 2.68. The zero-order valence-corrected chi connectivity index (χ0v) is 11.4. The van der Waals surface area contributed by atoms with Gasteiger partial charge in [-0.2, -0.15) is 0 Å². The molecular weight excluding hydrogens is 182 g/mol. The van der Waals surface area contributed by atoms with Crippen LogP contribution in [0, 0.1) is 0 Å². The van der Waals surface area contributed by atoms with Gasteiger partial charge in [-0.1, -0.05) is 46.5 Å². The van der Waals surface area contributed by atoms with Crippen molar-refractivity contribution >= 4 is 0 Å². The van der Waals surface area contributed by atoms with Crippen LogP contribution in [0.25, 0.3) is 0 Å². The molecule has 0 saturated heterocycles. The summed E-state index contributed by atoms with van der Waals surface area (Å²) in [5, 5.41) is 0. The molecule has 0 radical (unpaired) electrons. The van der Waals surface area contributed by atoms with Crippen LogP contribution < -0.4 is 0 Å². The zero-order valence-electron chi connectivity index (χ0n) is 11.4. The molecule has 0 saturated carbocycles. The lowest BCUT2D eigenvalue weighted by atomic mass is 10.1. The Balaban J connectivity index is 3.71. The molecule has 0 bridgehead atoms. The average Bonchev–Trinajstić information content (AvgIpc) is 2.23. The molecule has 0 aromatic carbocycles. The van der Waals surface area contributed by atoms with E-state index in [0.29, 0.717) is 0 Å². The Morgan fingerprint density at radius 3 is 2.07 bits per heavy atom. The Morgan fingerprint density at radius 1 is 0.800 bits per heavy atom. The third-order valence-electron chi connectivity index (χ3n) is 3.14. The summed E-state index contributed by atoms with van der Waals surface area (Å²) in [6.07, 6.45) is 9.52. The van der Waals surface area contributed by atoms with Crippen LogP contribution in [0.3, 0.4) is 0 Å².